The van der Waals surface area contributed by atoms with Crippen molar-refractivity contribution >= 4 is 23.1 Å². The molecule has 0 atom stereocenters. The van der Waals surface area contributed by atoms with E-state index >= 15 is 0 Å². The van der Waals surface area contributed by atoms with Crippen LogP contribution in [0.2, 0.25) is 0 Å². The van der Waals surface area contributed by atoms with Crippen molar-refractivity contribution in [1.82, 2.24) is 19.7 Å². The quantitative estimate of drug-likeness (QED) is 0.393. The molecule has 0 aliphatic rings. The van der Waals surface area contributed by atoms with E-state index in [-0.39, 0.29) is 0 Å². The molecule has 0 unspecified atom stereocenters. The lowest BCUT2D eigenvalue weighted by Gasteiger charge is -2.04. The average Bonchev–Trinajstić information content (AvgIpc) is 3.39. The normalized spacial score (nSPS) is 10.9. The molecule has 4 rings (SSSR count). The van der Waals surface area contributed by atoms with Crippen LogP contribution in [-0.2, 0) is 12.8 Å². The topological polar surface area (TPSA) is 62.1 Å². The van der Waals surface area contributed by atoms with Gasteiger partial charge in [-0.3, -0.25) is 0 Å². The highest BCUT2D eigenvalue weighted by atomic mass is 32.2. The highest BCUT2D eigenvalue weighted by molar-refractivity contribution is 7.98. The second kappa shape index (κ2) is 8.67. The Morgan fingerprint density at radius 1 is 0.897 bits per heavy atom. The van der Waals surface area contributed by atoms with Crippen molar-refractivity contribution in [2.45, 2.75) is 10.9 Å². The minimum Gasteiger partial charge on any atom is -0.497 e. The van der Waals surface area contributed by atoms with Gasteiger partial charge < -0.3 is 14.0 Å². The third kappa shape index (κ3) is 4.28. The molecule has 0 radical (unpaired) electrons. The lowest BCUT2D eigenvalue weighted by Crippen LogP contribution is -1.95. The van der Waals surface area contributed by atoms with Crippen LogP contribution in [-0.4, -0.2) is 34.0 Å². The molecule has 0 aliphatic carbocycles. The lowest BCUT2D eigenvalue weighted by atomic mass is 10.2. The molecular formula is C21H20N4O2S2. The molecule has 0 saturated heterocycles. The summed E-state index contributed by atoms with van der Waals surface area (Å²) in [4.78, 5) is 4.75. The largest absolute Gasteiger partial charge is 0.497 e. The highest BCUT2D eigenvalue weighted by Crippen LogP contribution is 2.30. The Kier molecular flexibility index (Phi) is 5.82. The second-order valence-electron chi connectivity index (χ2n) is 6.25. The number of hydrogen-bond acceptors (Lipinski definition) is 7. The summed E-state index contributed by atoms with van der Waals surface area (Å²) in [5.41, 5.74) is 3.12. The Labute approximate surface area is 177 Å². The van der Waals surface area contributed by atoms with E-state index in [4.69, 9.17) is 14.5 Å². The second-order valence-corrected chi connectivity index (χ2v) is 8.06. The molecule has 2 aromatic carbocycles. The van der Waals surface area contributed by atoms with Crippen LogP contribution in [0.25, 0.3) is 22.0 Å². The first-order valence-corrected chi connectivity index (χ1v) is 10.8. The van der Waals surface area contributed by atoms with Crippen LogP contribution in [0.5, 0.6) is 11.5 Å². The molecule has 0 fully saturated rings. The average molecular weight is 425 g/mol. The zero-order valence-electron chi connectivity index (χ0n) is 16.3. The smallest absolute Gasteiger partial charge is 0.191 e. The molecule has 4 aromatic rings. The van der Waals surface area contributed by atoms with Crippen LogP contribution in [0.15, 0.2) is 59.1 Å². The number of rotatable bonds is 7. The van der Waals surface area contributed by atoms with E-state index in [1.807, 2.05) is 60.1 Å². The van der Waals surface area contributed by atoms with E-state index in [9.17, 15) is 0 Å². The molecule has 0 N–H and O–H groups in total. The van der Waals surface area contributed by atoms with E-state index in [0.29, 0.717) is 0 Å². The first-order chi connectivity index (χ1) is 14.2. The molecule has 2 heterocycles. The van der Waals surface area contributed by atoms with Gasteiger partial charge in [-0.05, 0) is 48.5 Å². The zero-order valence-corrected chi connectivity index (χ0v) is 18.0. The highest BCUT2D eigenvalue weighted by Gasteiger charge is 2.13. The van der Waals surface area contributed by atoms with Crippen LogP contribution < -0.4 is 9.47 Å². The molecule has 0 saturated carbocycles. The Bertz CT molecular complexity index is 1090. The maximum absolute atomic E-state index is 5.21. The summed E-state index contributed by atoms with van der Waals surface area (Å²) in [5, 5.41) is 12.6. The van der Waals surface area contributed by atoms with Gasteiger partial charge in [0.15, 0.2) is 11.0 Å². The van der Waals surface area contributed by atoms with Crippen molar-refractivity contribution < 1.29 is 9.47 Å². The molecule has 0 bridgehead atoms. The third-order valence-corrected chi connectivity index (χ3v) is 6.41. The minimum absolute atomic E-state index is 0.737. The number of benzene rings is 2. The summed E-state index contributed by atoms with van der Waals surface area (Å²) < 4.78 is 12.4. The van der Waals surface area contributed by atoms with Gasteiger partial charge in [-0.2, -0.15) is 0 Å². The van der Waals surface area contributed by atoms with Gasteiger partial charge in [-0.25, -0.2) is 4.98 Å². The molecule has 0 spiro atoms. The molecule has 29 heavy (non-hydrogen) atoms. The summed E-state index contributed by atoms with van der Waals surface area (Å²) in [6, 6.07) is 15.8. The molecule has 148 valence electrons. The van der Waals surface area contributed by atoms with Crippen LogP contribution in [0.1, 0.15) is 5.69 Å². The van der Waals surface area contributed by atoms with Gasteiger partial charge in [0, 0.05) is 29.3 Å². The first-order valence-electron chi connectivity index (χ1n) is 8.93. The minimum atomic E-state index is 0.737. The number of ether oxygens (including phenoxy) is 2. The molecule has 0 aliphatic heterocycles. The molecule has 8 heteroatoms. The van der Waals surface area contributed by atoms with E-state index in [1.54, 1.807) is 37.3 Å². The van der Waals surface area contributed by atoms with Gasteiger partial charge in [-0.1, -0.05) is 11.8 Å². The monoisotopic (exact) mass is 424 g/mol. The fourth-order valence-corrected chi connectivity index (χ4v) is 4.54. The van der Waals surface area contributed by atoms with Crippen molar-refractivity contribution in [3.8, 4) is 33.5 Å². The van der Waals surface area contributed by atoms with Crippen molar-refractivity contribution in [3.05, 3.63) is 59.6 Å². The van der Waals surface area contributed by atoms with Gasteiger partial charge in [0.2, 0.25) is 0 Å². The zero-order chi connectivity index (χ0) is 20.2. The SMILES string of the molecule is COc1ccc(-c2nc(CSc3nnc(-c4ccc(OC)cc4)n3C)cs2)cc1. The number of hydrogen-bond donors (Lipinski definition) is 0. The molecule has 6 nitrogen and oxygen atoms in total. The van der Waals surface area contributed by atoms with Crippen molar-refractivity contribution in [2.24, 2.45) is 7.05 Å². The lowest BCUT2D eigenvalue weighted by molar-refractivity contribution is 0.414. The summed E-state index contributed by atoms with van der Waals surface area (Å²) in [7, 11) is 5.30. The fourth-order valence-electron chi connectivity index (χ4n) is 2.81. The van der Waals surface area contributed by atoms with Crippen LogP contribution in [0.4, 0.5) is 0 Å². The Hall–Kier alpha value is -2.84. The summed E-state index contributed by atoms with van der Waals surface area (Å²) in [5.74, 6) is 3.23. The first kappa shape index (κ1) is 19.5. The predicted molar refractivity (Wildman–Crippen MR) is 117 cm³/mol. The van der Waals surface area contributed by atoms with Gasteiger partial charge in [0.25, 0.3) is 0 Å². The van der Waals surface area contributed by atoms with Gasteiger partial charge in [0.05, 0.1) is 19.9 Å². The predicted octanol–water partition coefficient (Wildman–Crippen LogP) is 4.92. The number of methoxy groups -OCH3 is 2. The number of nitrogens with zero attached hydrogens (tertiary/aromatic N) is 4. The van der Waals surface area contributed by atoms with Crippen LogP contribution in [0.3, 0.4) is 0 Å². The maximum Gasteiger partial charge on any atom is 0.191 e. The van der Waals surface area contributed by atoms with E-state index in [2.05, 4.69) is 15.6 Å². The standard InChI is InChI=1S/C21H20N4O2S2/c1-25-19(14-4-8-17(26-2)9-5-14)23-24-21(25)29-13-16-12-28-20(22-16)15-6-10-18(27-3)11-7-15/h4-12H,13H2,1-3H3. The Balaban J connectivity index is 1.44. The Morgan fingerprint density at radius 3 is 2.14 bits per heavy atom. The molecular weight excluding hydrogens is 404 g/mol. The molecule has 2 aromatic heterocycles. The number of thioether (sulfide) groups is 1. The summed E-state index contributed by atoms with van der Waals surface area (Å²) in [6.45, 7) is 0. The van der Waals surface area contributed by atoms with Crippen molar-refractivity contribution in [1.29, 1.82) is 0 Å². The number of aromatic nitrogens is 4. The Morgan fingerprint density at radius 2 is 1.52 bits per heavy atom. The maximum atomic E-state index is 5.21. The van der Waals surface area contributed by atoms with E-state index < -0.39 is 0 Å². The van der Waals surface area contributed by atoms with E-state index in [1.165, 1.54) is 0 Å². The van der Waals surface area contributed by atoms with E-state index in [0.717, 1.165) is 50.1 Å². The van der Waals surface area contributed by atoms with Crippen LogP contribution in [0, 0.1) is 0 Å². The van der Waals surface area contributed by atoms with Crippen LogP contribution >= 0.6 is 23.1 Å². The third-order valence-electron chi connectivity index (χ3n) is 4.42. The van der Waals surface area contributed by atoms with Crippen molar-refractivity contribution in [2.75, 3.05) is 14.2 Å². The van der Waals surface area contributed by atoms with Crippen molar-refractivity contribution in [3.63, 3.8) is 0 Å². The molecule has 0 amide bonds. The fraction of sp³-hybridized carbons (Fsp3) is 0.190. The van der Waals surface area contributed by atoms with Gasteiger partial charge in [0.1, 0.15) is 16.5 Å². The summed E-state index contributed by atoms with van der Waals surface area (Å²) >= 11 is 3.27. The van der Waals surface area contributed by atoms with Gasteiger partial charge >= 0.3 is 0 Å². The number of thiazole rings is 1. The van der Waals surface area contributed by atoms with Gasteiger partial charge in [-0.15, -0.1) is 21.5 Å². The summed E-state index contributed by atoms with van der Waals surface area (Å²) in [6.07, 6.45) is 0.